The maximum Gasteiger partial charge on any atom is 0.233 e. The molecule has 1 N–H and O–H groups in total. The van der Waals surface area contributed by atoms with Gasteiger partial charge in [-0.25, -0.2) is 0 Å². The fraction of sp³-hybridized carbons (Fsp3) is 0.421. The molecule has 1 heterocycles. The number of nitrogens with zero attached hydrogens (tertiary/aromatic N) is 3. The van der Waals surface area contributed by atoms with Gasteiger partial charge in [-0.2, -0.15) is 0 Å². The zero-order valence-electron chi connectivity index (χ0n) is 15.6. The number of rotatable bonds is 10. The molecule has 140 valence electrons. The molecule has 6 nitrogen and oxygen atoms in total. The average molecular weight is 375 g/mol. The van der Waals surface area contributed by atoms with E-state index in [0.717, 1.165) is 41.7 Å². The van der Waals surface area contributed by atoms with Crippen LogP contribution >= 0.6 is 11.8 Å². The summed E-state index contributed by atoms with van der Waals surface area (Å²) in [6, 6.07) is 7.76. The number of benzene rings is 1. The van der Waals surface area contributed by atoms with Crippen molar-refractivity contribution in [3.63, 3.8) is 0 Å². The highest BCUT2D eigenvalue weighted by molar-refractivity contribution is 8.00. The number of thioether (sulfide) groups is 1. The van der Waals surface area contributed by atoms with Gasteiger partial charge >= 0.3 is 0 Å². The topological polar surface area (TPSA) is 69.0 Å². The summed E-state index contributed by atoms with van der Waals surface area (Å²) in [4.78, 5) is 12.1. The minimum absolute atomic E-state index is 0.0362. The second-order valence-corrected chi connectivity index (χ2v) is 7.14. The molecule has 0 bridgehead atoms. The maximum atomic E-state index is 12.1. The lowest BCUT2D eigenvalue weighted by Gasteiger charge is -2.13. The number of hydrogen-bond acceptors (Lipinski definition) is 5. The van der Waals surface area contributed by atoms with Crippen LogP contribution in [-0.4, -0.2) is 39.6 Å². The molecule has 0 saturated carbocycles. The van der Waals surface area contributed by atoms with Crippen LogP contribution in [-0.2, 0) is 11.3 Å². The Labute approximate surface area is 159 Å². The van der Waals surface area contributed by atoms with Crippen LogP contribution in [0.2, 0.25) is 0 Å². The molecule has 0 spiro atoms. The normalized spacial score (nSPS) is 11.8. The minimum atomic E-state index is -0.261. The summed E-state index contributed by atoms with van der Waals surface area (Å²) in [6.45, 7) is 8.91. The summed E-state index contributed by atoms with van der Waals surface area (Å²) in [5.74, 6) is 1.57. The molecule has 0 fully saturated rings. The standard InChI is InChI=1S/C19H26N4O2S/c1-5-7-13-23-17(15-8-10-16(25-4)11-9-15)21-22-19(23)26-14(3)18(24)20-12-6-2/h6,8-11,14H,2,5,7,12-13H2,1,3-4H3,(H,20,24)/t14-/m0/s1. The van der Waals surface area contributed by atoms with E-state index in [1.54, 1.807) is 13.2 Å². The monoisotopic (exact) mass is 374 g/mol. The van der Waals surface area contributed by atoms with Crippen LogP contribution in [0.1, 0.15) is 26.7 Å². The Morgan fingerprint density at radius 1 is 1.38 bits per heavy atom. The van der Waals surface area contributed by atoms with Gasteiger partial charge in [-0.3, -0.25) is 4.79 Å². The second-order valence-electron chi connectivity index (χ2n) is 5.83. The second kappa shape index (κ2) is 10.0. The van der Waals surface area contributed by atoms with Crippen LogP contribution in [0.15, 0.2) is 42.1 Å². The molecule has 1 amide bonds. The third kappa shape index (κ3) is 5.11. The number of methoxy groups -OCH3 is 1. The number of aromatic nitrogens is 3. The lowest BCUT2D eigenvalue weighted by molar-refractivity contribution is -0.120. The highest BCUT2D eigenvalue weighted by Gasteiger charge is 2.20. The third-order valence-corrected chi connectivity index (χ3v) is 4.95. The first-order valence-corrected chi connectivity index (χ1v) is 9.61. The van der Waals surface area contributed by atoms with Crippen molar-refractivity contribution in [2.24, 2.45) is 0 Å². The van der Waals surface area contributed by atoms with Gasteiger partial charge in [-0.1, -0.05) is 31.2 Å². The molecule has 0 saturated heterocycles. The largest absolute Gasteiger partial charge is 0.497 e. The van der Waals surface area contributed by atoms with Crippen molar-refractivity contribution >= 4 is 17.7 Å². The molecule has 0 aliphatic heterocycles. The Morgan fingerprint density at radius 2 is 2.12 bits per heavy atom. The molecule has 1 aromatic heterocycles. The molecule has 2 rings (SSSR count). The number of nitrogens with one attached hydrogen (secondary N) is 1. The predicted molar refractivity (Wildman–Crippen MR) is 105 cm³/mol. The van der Waals surface area contributed by atoms with Crippen molar-refractivity contribution in [2.45, 2.75) is 43.6 Å². The van der Waals surface area contributed by atoms with Gasteiger partial charge in [0, 0.05) is 18.7 Å². The van der Waals surface area contributed by atoms with E-state index < -0.39 is 0 Å². The molecule has 0 aliphatic rings. The number of unbranched alkanes of at least 4 members (excludes halogenated alkanes) is 1. The predicted octanol–water partition coefficient (Wildman–Crippen LogP) is 3.54. The van der Waals surface area contributed by atoms with Crippen molar-refractivity contribution in [1.82, 2.24) is 20.1 Å². The van der Waals surface area contributed by atoms with Gasteiger partial charge in [0.15, 0.2) is 11.0 Å². The average Bonchev–Trinajstić information content (AvgIpc) is 3.06. The maximum absolute atomic E-state index is 12.1. The molecule has 7 heteroatoms. The molecule has 0 unspecified atom stereocenters. The number of ether oxygens (including phenoxy) is 1. The van der Waals surface area contributed by atoms with Crippen LogP contribution in [0.5, 0.6) is 5.75 Å². The first-order valence-electron chi connectivity index (χ1n) is 8.73. The van der Waals surface area contributed by atoms with Crippen molar-refractivity contribution in [1.29, 1.82) is 0 Å². The summed E-state index contributed by atoms with van der Waals surface area (Å²) in [6.07, 6.45) is 3.76. The number of carbonyl (C=O) groups is 1. The lowest BCUT2D eigenvalue weighted by atomic mass is 10.2. The Balaban J connectivity index is 2.24. The summed E-state index contributed by atoms with van der Waals surface area (Å²) < 4.78 is 7.31. The minimum Gasteiger partial charge on any atom is -0.497 e. The van der Waals surface area contributed by atoms with Crippen molar-refractivity contribution < 1.29 is 9.53 Å². The summed E-state index contributed by atoms with van der Waals surface area (Å²) >= 11 is 1.42. The molecule has 0 aliphatic carbocycles. The van der Waals surface area contributed by atoms with Gasteiger partial charge in [-0.15, -0.1) is 16.8 Å². The Bertz CT molecular complexity index is 728. The molecule has 1 atom stereocenters. The fourth-order valence-electron chi connectivity index (χ4n) is 2.38. The SMILES string of the molecule is C=CCNC(=O)[C@H](C)Sc1nnc(-c2ccc(OC)cc2)n1CCCC. The Morgan fingerprint density at radius 3 is 2.73 bits per heavy atom. The molecule has 26 heavy (non-hydrogen) atoms. The van der Waals surface area contributed by atoms with Crippen molar-refractivity contribution in [3.05, 3.63) is 36.9 Å². The highest BCUT2D eigenvalue weighted by Crippen LogP contribution is 2.28. The third-order valence-electron chi connectivity index (χ3n) is 3.87. The fourth-order valence-corrected chi connectivity index (χ4v) is 3.28. The van der Waals surface area contributed by atoms with E-state index in [0.29, 0.717) is 6.54 Å². The van der Waals surface area contributed by atoms with E-state index in [-0.39, 0.29) is 11.2 Å². The van der Waals surface area contributed by atoms with Gasteiger partial charge in [-0.05, 0) is 37.6 Å². The lowest BCUT2D eigenvalue weighted by Crippen LogP contribution is -2.31. The van der Waals surface area contributed by atoms with Gasteiger partial charge in [0.2, 0.25) is 5.91 Å². The zero-order chi connectivity index (χ0) is 18.9. The molecular weight excluding hydrogens is 348 g/mol. The quantitative estimate of drug-likeness (QED) is 0.509. The van der Waals surface area contributed by atoms with Crippen LogP contribution in [0, 0.1) is 0 Å². The Kier molecular flexibility index (Phi) is 7.72. The number of amides is 1. The molecule has 2 aromatic rings. The summed E-state index contributed by atoms with van der Waals surface area (Å²) in [5, 5.41) is 12.0. The van der Waals surface area contributed by atoms with E-state index in [2.05, 4.69) is 33.6 Å². The van der Waals surface area contributed by atoms with E-state index in [9.17, 15) is 4.79 Å². The first-order chi connectivity index (χ1) is 12.6. The van der Waals surface area contributed by atoms with Gasteiger partial charge < -0.3 is 14.6 Å². The van der Waals surface area contributed by atoms with Crippen LogP contribution in [0.25, 0.3) is 11.4 Å². The van der Waals surface area contributed by atoms with E-state index in [1.165, 1.54) is 11.8 Å². The Hall–Kier alpha value is -2.28. The zero-order valence-corrected chi connectivity index (χ0v) is 16.4. The van der Waals surface area contributed by atoms with Gasteiger partial charge in [0.25, 0.3) is 0 Å². The summed E-state index contributed by atoms with van der Waals surface area (Å²) in [7, 11) is 1.65. The van der Waals surface area contributed by atoms with Crippen molar-refractivity contribution in [2.75, 3.05) is 13.7 Å². The van der Waals surface area contributed by atoms with E-state index in [4.69, 9.17) is 4.74 Å². The number of hydrogen-bond donors (Lipinski definition) is 1. The molecular formula is C19H26N4O2S. The van der Waals surface area contributed by atoms with Gasteiger partial charge in [0.1, 0.15) is 5.75 Å². The molecule has 1 aromatic carbocycles. The van der Waals surface area contributed by atoms with E-state index >= 15 is 0 Å². The first kappa shape index (κ1) is 20.0. The van der Waals surface area contributed by atoms with Gasteiger partial charge in [0.05, 0.1) is 12.4 Å². The van der Waals surface area contributed by atoms with Crippen molar-refractivity contribution in [3.8, 4) is 17.1 Å². The smallest absolute Gasteiger partial charge is 0.233 e. The highest BCUT2D eigenvalue weighted by atomic mass is 32.2. The summed E-state index contributed by atoms with van der Waals surface area (Å²) in [5.41, 5.74) is 0.977. The van der Waals surface area contributed by atoms with E-state index in [1.807, 2.05) is 31.2 Å². The number of carbonyl (C=O) groups excluding carboxylic acids is 1. The molecule has 0 radical (unpaired) electrons. The van der Waals surface area contributed by atoms with Crippen LogP contribution in [0.3, 0.4) is 0 Å². The van der Waals surface area contributed by atoms with Crippen LogP contribution in [0.4, 0.5) is 0 Å². The van der Waals surface area contributed by atoms with Crippen LogP contribution < -0.4 is 10.1 Å².